The van der Waals surface area contributed by atoms with Gasteiger partial charge in [0.05, 0.1) is 10.4 Å². The molecule has 0 unspecified atom stereocenters. The van der Waals surface area contributed by atoms with Crippen LogP contribution >= 0.6 is 12.2 Å². The third-order valence-corrected chi connectivity index (χ3v) is 4.38. The molecule has 1 saturated heterocycles. The summed E-state index contributed by atoms with van der Waals surface area (Å²) < 4.78 is 0. The standard InChI is InChI=1S/C13H21N3O2S/c14-11(19)13(5-6-13)12(18)15-7-4-10(17)16-8-2-1-3-9-16/h1-9H2,(H2,14,19)(H,15,18). The van der Waals surface area contributed by atoms with E-state index < -0.39 is 5.41 Å². The number of hydrogen-bond acceptors (Lipinski definition) is 3. The van der Waals surface area contributed by atoms with Gasteiger partial charge in [0.1, 0.15) is 0 Å². The molecule has 2 aliphatic rings. The van der Waals surface area contributed by atoms with Gasteiger partial charge in [-0.25, -0.2) is 0 Å². The maximum atomic E-state index is 11.9. The van der Waals surface area contributed by atoms with Gasteiger partial charge in [-0.05, 0) is 32.1 Å². The van der Waals surface area contributed by atoms with E-state index in [9.17, 15) is 9.59 Å². The minimum atomic E-state index is -0.622. The molecule has 1 aliphatic carbocycles. The fraction of sp³-hybridized carbons (Fsp3) is 0.769. The van der Waals surface area contributed by atoms with Gasteiger partial charge in [0, 0.05) is 26.1 Å². The molecule has 0 aromatic rings. The molecule has 2 rings (SSSR count). The molecule has 1 saturated carbocycles. The van der Waals surface area contributed by atoms with Crippen LogP contribution in [0.25, 0.3) is 0 Å². The highest BCUT2D eigenvalue weighted by molar-refractivity contribution is 7.80. The Hall–Kier alpha value is -1.17. The molecule has 106 valence electrons. The van der Waals surface area contributed by atoms with E-state index in [0.29, 0.717) is 13.0 Å². The van der Waals surface area contributed by atoms with Gasteiger partial charge in [0.25, 0.3) is 0 Å². The van der Waals surface area contributed by atoms with E-state index >= 15 is 0 Å². The van der Waals surface area contributed by atoms with Gasteiger partial charge in [0.2, 0.25) is 11.8 Å². The van der Waals surface area contributed by atoms with Crippen LogP contribution in [0.3, 0.4) is 0 Å². The predicted molar refractivity (Wildman–Crippen MR) is 76.5 cm³/mol. The molecule has 2 amide bonds. The molecule has 0 bridgehead atoms. The Morgan fingerprint density at radius 3 is 2.37 bits per heavy atom. The first-order valence-corrected chi connectivity index (χ1v) is 7.33. The SMILES string of the molecule is NC(=S)C1(C(=O)NCCC(=O)N2CCCCC2)CC1. The second-order valence-electron chi connectivity index (χ2n) is 5.39. The Morgan fingerprint density at radius 1 is 1.21 bits per heavy atom. The van der Waals surface area contributed by atoms with Crippen molar-refractivity contribution < 1.29 is 9.59 Å². The molecule has 19 heavy (non-hydrogen) atoms. The van der Waals surface area contributed by atoms with E-state index in [1.54, 1.807) is 0 Å². The molecular formula is C13H21N3O2S. The van der Waals surface area contributed by atoms with Gasteiger partial charge in [0.15, 0.2) is 0 Å². The van der Waals surface area contributed by atoms with Crippen LogP contribution in [0, 0.1) is 5.41 Å². The highest BCUT2D eigenvalue weighted by Gasteiger charge is 2.52. The number of carbonyl (C=O) groups excluding carboxylic acids is 2. The number of likely N-dealkylation sites (tertiary alicyclic amines) is 1. The van der Waals surface area contributed by atoms with Gasteiger partial charge in [-0.1, -0.05) is 12.2 Å². The van der Waals surface area contributed by atoms with Gasteiger partial charge in [-0.3, -0.25) is 9.59 Å². The summed E-state index contributed by atoms with van der Waals surface area (Å²) in [5.74, 6) is 0.00613. The Balaban J connectivity index is 1.70. The number of thiocarbonyl (C=S) groups is 1. The Bertz CT molecular complexity index is 387. The molecule has 0 spiro atoms. The van der Waals surface area contributed by atoms with E-state index in [1.165, 1.54) is 6.42 Å². The monoisotopic (exact) mass is 283 g/mol. The zero-order valence-corrected chi connectivity index (χ0v) is 11.9. The number of nitrogens with one attached hydrogen (secondary N) is 1. The molecule has 1 aliphatic heterocycles. The Kier molecular flexibility index (Phi) is 4.39. The lowest BCUT2D eigenvalue weighted by molar-refractivity contribution is -0.132. The van der Waals surface area contributed by atoms with Crippen LogP contribution in [0.1, 0.15) is 38.5 Å². The Morgan fingerprint density at radius 2 is 1.84 bits per heavy atom. The fourth-order valence-electron chi connectivity index (χ4n) is 2.46. The summed E-state index contributed by atoms with van der Waals surface area (Å²) in [5, 5.41) is 2.78. The largest absolute Gasteiger partial charge is 0.392 e. The van der Waals surface area contributed by atoms with Crippen LogP contribution in [0.4, 0.5) is 0 Å². The maximum Gasteiger partial charge on any atom is 0.233 e. The number of amides is 2. The molecule has 2 fully saturated rings. The maximum absolute atomic E-state index is 11.9. The number of nitrogens with zero attached hydrogens (tertiary/aromatic N) is 1. The van der Waals surface area contributed by atoms with Crippen molar-refractivity contribution in [1.82, 2.24) is 10.2 Å². The highest BCUT2D eigenvalue weighted by atomic mass is 32.1. The molecule has 1 heterocycles. The van der Waals surface area contributed by atoms with Crippen LogP contribution in [-0.2, 0) is 9.59 Å². The van der Waals surface area contributed by atoms with Crippen molar-refractivity contribution in [2.24, 2.45) is 11.1 Å². The van der Waals surface area contributed by atoms with Crippen molar-refractivity contribution in [2.45, 2.75) is 38.5 Å². The van der Waals surface area contributed by atoms with Crippen LogP contribution in [-0.4, -0.2) is 41.3 Å². The normalized spacial score (nSPS) is 20.7. The second-order valence-corrected chi connectivity index (χ2v) is 5.83. The van der Waals surface area contributed by atoms with Crippen LogP contribution in [0.15, 0.2) is 0 Å². The molecule has 5 nitrogen and oxygen atoms in total. The number of nitrogens with two attached hydrogens (primary N) is 1. The summed E-state index contributed by atoms with van der Waals surface area (Å²) in [6, 6.07) is 0. The fourth-order valence-corrected chi connectivity index (χ4v) is 2.76. The molecule has 0 aromatic carbocycles. The molecular weight excluding hydrogens is 262 g/mol. The summed E-state index contributed by atoms with van der Waals surface area (Å²) in [6.45, 7) is 2.08. The quantitative estimate of drug-likeness (QED) is 0.723. The van der Waals surface area contributed by atoms with Crippen molar-refractivity contribution in [1.29, 1.82) is 0 Å². The minimum Gasteiger partial charge on any atom is -0.392 e. The third kappa shape index (κ3) is 3.23. The van der Waals surface area contributed by atoms with Crippen molar-refractivity contribution in [3.8, 4) is 0 Å². The number of carbonyl (C=O) groups is 2. The van der Waals surface area contributed by atoms with Crippen LogP contribution < -0.4 is 11.1 Å². The minimum absolute atomic E-state index is 0.119. The van der Waals surface area contributed by atoms with Crippen LogP contribution in [0.5, 0.6) is 0 Å². The van der Waals surface area contributed by atoms with E-state index in [4.69, 9.17) is 18.0 Å². The van der Waals surface area contributed by atoms with Crippen LogP contribution in [0.2, 0.25) is 0 Å². The average molecular weight is 283 g/mol. The second kappa shape index (κ2) is 5.86. The van der Waals surface area contributed by atoms with E-state index in [0.717, 1.165) is 38.8 Å². The summed E-state index contributed by atoms with van der Waals surface area (Å²) in [5.41, 5.74) is 4.96. The first-order chi connectivity index (χ1) is 9.06. The summed E-state index contributed by atoms with van der Waals surface area (Å²) >= 11 is 4.92. The van der Waals surface area contributed by atoms with Crippen molar-refractivity contribution >= 4 is 29.0 Å². The first-order valence-electron chi connectivity index (χ1n) is 6.92. The average Bonchev–Trinajstić information content (AvgIpc) is 3.21. The number of piperidine rings is 1. The van der Waals surface area contributed by atoms with Crippen molar-refractivity contribution in [2.75, 3.05) is 19.6 Å². The summed E-state index contributed by atoms with van der Waals surface area (Å²) in [6.07, 6.45) is 5.20. The topological polar surface area (TPSA) is 75.4 Å². The van der Waals surface area contributed by atoms with Crippen molar-refractivity contribution in [3.63, 3.8) is 0 Å². The lowest BCUT2D eigenvalue weighted by Gasteiger charge is -2.26. The third-order valence-electron chi connectivity index (χ3n) is 3.99. The summed E-state index contributed by atoms with van der Waals surface area (Å²) in [4.78, 5) is 26.0. The molecule has 3 N–H and O–H groups in total. The van der Waals surface area contributed by atoms with Gasteiger partial charge in [-0.15, -0.1) is 0 Å². The highest BCUT2D eigenvalue weighted by Crippen LogP contribution is 2.46. The summed E-state index contributed by atoms with van der Waals surface area (Å²) in [7, 11) is 0. The predicted octanol–water partition coefficient (Wildman–Crippen LogP) is 0.571. The van der Waals surface area contributed by atoms with Gasteiger partial charge >= 0.3 is 0 Å². The van der Waals surface area contributed by atoms with E-state index in [2.05, 4.69) is 5.32 Å². The number of rotatable bonds is 5. The lowest BCUT2D eigenvalue weighted by atomic mass is 10.1. The van der Waals surface area contributed by atoms with Crippen molar-refractivity contribution in [3.05, 3.63) is 0 Å². The lowest BCUT2D eigenvalue weighted by Crippen LogP contribution is -2.42. The molecule has 0 aromatic heterocycles. The molecule has 0 radical (unpaired) electrons. The molecule has 6 heteroatoms. The first kappa shape index (κ1) is 14.2. The number of hydrogen-bond donors (Lipinski definition) is 2. The Labute approximate surface area is 118 Å². The zero-order valence-electron chi connectivity index (χ0n) is 11.1. The smallest absolute Gasteiger partial charge is 0.233 e. The zero-order chi connectivity index (χ0) is 13.9. The molecule has 0 atom stereocenters. The van der Waals surface area contributed by atoms with E-state index in [-0.39, 0.29) is 16.8 Å². The van der Waals surface area contributed by atoms with Gasteiger partial charge < -0.3 is 16.0 Å². The van der Waals surface area contributed by atoms with Gasteiger partial charge in [-0.2, -0.15) is 0 Å². The van der Waals surface area contributed by atoms with E-state index in [1.807, 2.05) is 4.90 Å².